The minimum Gasteiger partial charge on any atom is -0.492 e. The van der Waals surface area contributed by atoms with Gasteiger partial charge in [0.2, 0.25) is 5.91 Å². The van der Waals surface area contributed by atoms with Crippen molar-refractivity contribution in [3.05, 3.63) is 72.3 Å². The van der Waals surface area contributed by atoms with Crippen LogP contribution >= 0.6 is 0 Å². The van der Waals surface area contributed by atoms with Crippen molar-refractivity contribution >= 4 is 28.3 Å². The van der Waals surface area contributed by atoms with Crippen molar-refractivity contribution in [2.24, 2.45) is 5.41 Å². The highest BCUT2D eigenvalue weighted by molar-refractivity contribution is 5.94. The maximum absolute atomic E-state index is 12.2. The Kier molecular flexibility index (Phi) is 7.89. The van der Waals surface area contributed by atoms with E-state index in [0.29, 0.717) is 6.61 Å². The molecule has 0 unspecified atom stereocenters. The minimum atomic E-state index is -0.423. The van der Waals surface area contributed by atoms with Crippen LogP contribution in [-0.4, -0.2) is 60.1 Å². The summed E-state index contributed by atoms with van der Waals surface area (Å²) >= 11 is 0. The number of carbonyl (C=O) groups excluding carboxylic acids is 1. The number of aromatic nitrogens is 2. The Morgan fingerprint density at radius 3 is 2.46 bits per heavy atom. The van der Waals surface area contributed by atoms with Gasteiger partial charge in [-0.3, -0.25) is 9.69 Å². The molecule has 39 heavy (non-hydrogen) atoms. The molecule has 7 heteroatoms. The molecule has 4 aromatic rings. The van der Waals surface area contributed by atoms with E-state index >= 15 is 0 Å². The number of H-pyrrole nitrogens is 1. The van der Waals surface area contributed by atoms with Crippen molar-refractivity contribution < 1.29 is 9.53 Å². The van der Waals surface area contributed by atoms with Gasteiger partial charge in [-0.05, 0) is 54.4 Å². The third-order valence-corrected chi connectivity index (χ3v) is 7.28. The van der Waals surface area contributed by atoms with Crippen molar-refractivity contribution in [3.63, 3.8) is 0 Å². The molecule has 0 radical (unpaired) electrons. The number of carbonyl (C=O) groups is 1. The number of para-hydroxylation sites is 1. The maximum Gasteiger partial charge on any atom is 0.229 e. The van der Waals surface area contributed by atoms with Gasteiger partial charge < -0.3 is 19.9 Å². The van der Waals surface area contributed by atoms with Crippen LogP contribution in [-0.2, 0) is 11.2 Å². The number of ether oxygens (including phenoxy) is 1. The lowest BCUT2D eigenvalue weighted by atomic mass is 9.95. The van der Waals surface area contributed by atoms with E-state index < -0.39 is 5.41 Å². The molecular weight excluding hydrogens is 486 g/mol. The summed E-state index contributed by atoms with van der Waals surface area (Å²) in [5.74, 6) is 1.74. The molecule has 0 atom stereocenters. The fraction of sp³-hybridized carbons (Fsp3) is 0.375. The first-order chi connectivity index (χ1) is 18.8. The Balaban J connectivity index is 1.13. The Labute approximate surface area is 231 Å². The molecular formula is C32H39N5O2. The average molecular weight is 526 g/mol. The standard InChI is InChI=1S/C32H39N5O2/c1-5-23-8-6-9-24(22-23)30-34-27-10-7-11-28(29(27)35-30)37-18-16-36(17-19-37)20-21-39-26-14-12-25(13-15-26)33-31(38)32(2,3)4/h6-15,22H,5,16-21H2,1-4H3,(H,33,38)(H,34,35). The van der Waals surface area contributed by atoms with Crippen LogP contribution in [0.25, 0.3) is 22.4 Å². The summed E-state index contributed by atoms with van der Waals surface area (Å²) in [5.41, 5.74) is 6.11. The molecule has 1 aromatic heterocycles. The average Bonchev–Trinajstić information content (AvgIpc) is 3.39. The second-order valence-electron chi connectivity index (χ2n) is 11.2. The molecule has 0 aliphatic carbocycles. The number of aryl methyl sites for hydroxylation is 1. The number of anilines is 2. The molecule has 1 aliphatic rings. The summed E-state index contributed by atoms with van der Waals surface area (Å²) in [6.07, 6.45) is 1.01. The molecule has 2 N–H and O–H groups in total. The number of hydrogen-bond donors (Lipinski definition) is 2. The number of nitrogens with one attached hydrogen (secondary N) is 2. The second kappa shape index (κ2) is 11.5. The van der Waals surface area contributed by atoms with Crippen molar-refractivity contribution in [3.8, 4) is 17.1 Å². The molecule has 5 rings (SSSR count). The van der Waals surface area contributed by atoms with Gasteiger partial charge >= 0.3 is 0 Å². The van der Waals surface area contributed by atoms with Crippen LogP contribution in [0.2, 0.25) is 0 Å². The Bertz CT molecular complexity index is 1410. The number of rotatable bonds is 8. The van der Waals surface area contributed by atoms with E-state index in [1.54, 1.807) is 0 Å². The van der Waals surface area contributed by atoms with Crippen molar-refractivity contribution in [2.45, 2.75) is 34.1 Å². The Morgan fingerprint density at radius 1 is 1.00 bits per heavy atom. The molecule has 1 fully saturated rings. The number of benzene rings is 3. The Hall–Kier alpha value is -3.84. The van der Waals surface area contributed by atoms with E-state index in [-0.39, 0.29) is 5.91 Å². The number of aromatic amines is 1. The fourth-order valence-electron chi connectivity index (χ4n) is 4.81. The van der Waals surface area contributed by atoms with Gasteiger partial charge in [0.15, 0.2) is 0 Å². The molecule has 1 amide bonds. The molecule has 7 nitrogen and oxygen atoms in total. The van der Waals surface area contributed by atoms with Gasteiger partial charge in [-0.1, -0.05) is 52.0 Å². The van der Waals surface area contributed by atoms with Crippen LogP contribution in [0, 0.1) is 5.41 Å². The molecule has 204 valence electrons. The first kappa shape index (κ1) is 26.8. The first-order valence-electron chi connectivity index (χ1n) is 13.9. The molecule has 0 saturated carbocycles. The maximum atomic E-state index is 12.2. The summed E-state index contributed by atoms with van der Waals surface area (Å²) in [6, 6.07) is 22.6. The number of nitrogens with zero attached hydrogens (tertiary/aromatic N) is 3. The summed E-state index contributed by atoms with van der Waals surface area (Å²) < 4.78 is 5.98. The number of imidazole rings is 1. The molecule has 3 aromatic carbocycles. The van der Waals surface area contributed by atoms with Gasteiger partial charge in [-0.15, -0.1) is 0 Å². The topological polar surface area (TPSA) is 73.5 Å². The normalized spacial score (nSPS) is 14.5. The SMILES string of the molecule is CCc1cccc(-c2nc3c(N4CCN(CCOc5ccc(NC(=O)C(C)(C)C)cc5)CC4)cccc3[nH]2)c1. The lowest BCUT2D eigenvalue weighted by Gasteiger charge is -2.36. The highest BCUT2D eigenvalue weighted by atomic mass is 16.5. The third-order valence-electron chi connectivity index (χ3n) is 7.28. The van der Waals surface area contributed by atoms with Crippen LogP contribution in [0.4, 0.5) is 11.4 Å². The lowest BCUT2D eigenvalue weighted by molar-refractivity contribution is -0.123. The van der Waals surface area contributed by atoms with Crippen LogP contribution in [0.5, 0.6) is 5.75 Å². The zero-order valence-electron chi connectivity index (χ0n) is 23.5. The summed E-state index contributed by atoms with van der Waals surface area (Å²) in [7, 11) is 0. The van der Waals surface area contributed by atoms with Gasteiger partial charge in [-0.2, -0.15) is 0 Å². The largest absolute Gasteiger partial charge is 0.492 e. The van der Waals surface area contributed by atoms with E-state index in [2.05, 4.69) is 69.5 Å². The van der Waals surface area contributed by atoms with E-state index in [4.69, 9.17) is 9.72 Å². The van der Waals surface area contributed by atoms with Gasteiger partial charge in [0.25, 0.3) is 0 Å². The number of amides is 1. The van der Waals surface area contributed by atoms with E-state index in [1.807, 2.05) is 45.0 Å². The first-order valence-corrected chi connectivity index (χ1v) is 13.9. The van der Waals surface area contributed by atoms with E-state index in [1.165, 1.54) is 11.3 Å². The van der Waals surface area contributed by atoms with Gasteiger partial charge in [0.05, 0.1) is 11.2 Å². The molecule has 0 bridgehead atoms. The highest BCUT2D eigenvalue weighted by Gasteiger charge is 2.22. The highest BCUT2D eigenvalue weighted by Crippen LogP contribution is 2.29. The van der Waals surface area contributed by atoms with Crippen molar-refractivity contribution in [1.29, 1.82) is 0 Å². The van der Waals surface area contributed by atoms with Crippen LogP contribution in [0.3, 0.4) is 0 Å². The van der Waals surface area contributed by atoms with Gasteiger partial charge in [0.1, 0.15) is 23.7 Å². The van der Waals surface area contributed by atoms with Gasteiger partial charge in [0, 0.05) is 49.4 Å². The quantitative estimate of drug-likeness (QED) is 0.296. The summed E-state index contributed by atoms with van der Waals surface area (Å²) in [6.45, 7) is 13.3. The van der Waals surface area contributed by atoms with Crippen molar-refractivity contribution in [1.82, 2.24) is 14.9 Å². The van der Waals surface area contributed by atoms with E-state index in [9.17, 15) is 4.79 Å². The van der Waals surface area contributed by atoms with Crippen molar-refractivity contribution in [2.75, 3.05) is 49.5 Å². The molecule has 1 aliphatic heterocycles. The van der Waals surface area contributed by atoms with Crippen LogP contribution in [0.1, 0.15) is 33.3 Å². The smallest absolute Gasteiger partial charge is 0.229 e. The Morgan fingerprint density at radius 2 is 1.74 bits per heavy atom. The van der Waals surface area contributed by atoms with Crippen LogP contribution < -0.4 is 15.0 Å². The second-order valence-corrected chi connectivity index (χ2v) is 11.2. The molecule has 1 saturated heterocycles. The number of fused-ring (bicyclic) bond motifs is 1. The zero-order valence-corrected chi connectivity index (χ0v) is 23.5. The summed E-state index contributed by atoms with van der Waals surface area (Å²) in [4.78, 5) is 25.6. The lowest BCUT2D eigenvalue weighted by Crippen LogP contribution is -2.47. The number of hydrogen-bond acceptors (Lipinski definition) is 5. The minimum absolute atomic E-state index is 0.000957. The number of piperazine rings is 1. The zero-order chi connectivity index (χ0) is 27.4. The molecule has 2 heterocycles. The van der Waals surface area contributed by atoms with Gasteiger partial charge in [-0.25, -0.2) is 4.98 Å². The molecule has 0 spiro atoms. The van der Waals surface area contributed by atoms with Crippen LogP contribution in [0.15, 0.2) is 66.7 Å². The predicted molar refractivity (Wildman–Crippen MR) is 160 cm³/mol. The predicted octanol–water partition coefficient (Wildman–Crippen LogP) is 5.98. The monoisotopic (exact) mass is 525 g/mol. The summed E-state index contributed by atoms with van der Waals surface area (Å²) in [5, 5.41) is 2.95. The third kappa shape index (κ3) is 6.42. The fourth-order valence-corrected chi connectivity index (χ4v) is 4.81. The van der Waals surface area contributed by atoms with E-state index in [0.717, 1.165) is 73.0 Å².